The molecule has 6 heteroatoms. The molecule has 0 aliphatic heterocycles. The predicted molar refractivity (Wildman–Crippen MR) is 80.6 cm³/mol. The number of rotatable bonds is 6. The molecule has 0 atom stereocenters. The van der Waals surface area contributed by atoms with Gasteiger partial charge in [-0.05, 0) is 0 Å². The Morgan fingerprint density at radius 3 is 1.22 bits per heavy atom. The van der Waals surface area contributed by atoms with Crippen molar-refractivity contribution in [1.82, 2.24) is 0 Å². The molecule has 1 radical (unpaired) electrons. The van der Waals surface area contributed by atoms with Crippen molar-refractivity contribution in [2.24, 2.45) is 0 Å². The maximum absolute atomic E-state index is 9.29. The zero-order valence-corrected chi connectivity index (χ0v) is 16.1. The molecule has 0 rings (SSSR count). The summed E-state index contributed by atoms with van der Waals surface area (Å²) in [6.45, 7) is 11.9. The van der Waals surface area contributed by atoms with Crippen LogP contribution in [-0.2, 0) is 45.1 Å². The molecule has 0 saturated heterocycles. The fourth-order valence-electron chi connectivity index (χ4n) is 0.854. The van der Waals surface area contributed by atoms with E-state index in [9.17, 15) is 9.79 Å². The molecule has 2 nitrogen and oxygen atoms in total. The van der Waals surface area contributed by atoms with Gasteiger partial charge in [-0.1, -0.05) is 52.4 Å². The smallest absolute Gasteiger partial charge is 0.850 e. The quantitative estimate of drug-likeness (QED) is 0.228. The van der Waals surface area contributed by atoms with Gasteiger partial charge in [0.15, 0.2) is 0 Å². The average Bonchev–Trinajstić information content (AvgIpc) is 2.22. The van der Waals surface area contributed by atoms with Crippen LogP contribution in [0.25, 0.3) is 0 Å². The van der Waals surface area contributed by atoms with E-state index >= 15 is 0 Å². The topological polar surface area (TPSA) is 46.1 Å². The zero-order chi connectivity index (χ0) is 14.2. The van der Waals surface area contributed by atoms with Crippen LogP contribution in [0.4, 0.5) is 0 Å². The van der Waals surface area contributed by atoms with E-state index in [1.54, 1.807) is 0 Å². The molecule has 0 spiro atoms. The molecule has 0 aromatic rings. The second kappa shape index (κ2) is 23.7. The summed E-state index contributed by atoms with van der Waals surface area (Å²) in [5.74, 6) is 0. The van der Waals surface area contributed by atoms with Gasteiger partial charge < -0.3 is 41.6 Å². The number of unbranched alkanes of at least 4 members (excludes halogenated alkanes) is 6. The first-order chi connectivity index (χ1) is 7.83. The fourth-order valence-corrected chi connectivity index (χ4v) is 0.854. The minimum Gasteiger partial charge on any atom is -0.850 e. The summed E-state index contributed by atoms with van der Waals surface area (Å²) in [7, 11) is 0. The normalized spacial score (nSPS) is 9.28. The Hall–Kier alpha value is 1.61. The van der Waals surface area contributed by atoms with Crippen LogP contribution in [0, 0.1) is 13.8 Å². The fraction of sp³-hybridized carbons (Fsp3) is 0.833. The van der Waals surface area contributed by atoms with Gasteiger partial charge in [0.25, 0.3) is 0 Å². The van der Waals surface area contributed by atoms with Crippen LogP contribution >= 0.6 is 5.69 Å². The van der Waals surface area contributed by atoms with E-state index in [4.69, 9.17) is 0 Å². The third kappa shape index (κ3) is 83.9. The van der Waals surface area contributed by atoms with Crippen LogP contribution in [-0.4, -0.2) is 0 Å². The number of hydrogen-bond donors (Lipinski definition) is 0. The van der Waals surface area contributed by atoms with Crippen LogP contribution in [0.1, 0.15) is 65.2 Å². The van der Waals surface area contributed by atoms with Crippen LogP contribution < -0.4 is 9.79 Å². The summed E-state index contributed by atoms with van der Waals surface area (Å²) in [6.07, 6.45) is 10.1. The van der Waals surface area contributed by atoms with E-state index in [-0.39, 0.29) is 21.1 Å². The molecule has 0 fully saturated rings. The maximum atomic E-state index is 9.29. The first kappa shape index (κ1) is 27.9. The van der Waals surface area contributed by atoms with Crippen molar-refractivity contribution >= 4 is 29.7 Å². The van der Waals surface area contributed by atoms with E-state index < -0.39 is 5.69 Å². The van der Waals surface area contributed by atoms with Crippen LogP contribution in [0.5, 0.6) is 0 Å². The van der Waals surface area contributed by atoms with Gasteiger partial charge in [-0.25, -0.2) is 0 Å². The van der Waals surface area contributed by atoms with Gasteiger partial charge >= 0.3 is 21.1 Å². The second-order valence-electron chi connectivity index (χ2n) is 3.57. The zero-order valence-electron chi connectivity index (χ0n) is 11.6. The third-order valence-corrected chi connectivity index (χ3v) is 1.71. The molecule has 0 aromatic heterocycles. The largest absolute Gasteiger partial charge is 3.00 e. The molecule has 18 heavy (non-hydrogen) atoms. The molecule has 0 amide bonds. The minimum atomic E-state index is -3.72. The van der Waals surface area contributed by atoms with E-state index in [0.717, 1.165) is 12.8 Å². The predicted octanol–water partition coefficient (Wildman–Crippen LogP) is 3.28. The molecule has 0 N–H and O–H groups in total. The van der Waals surface area contributed by atoms with Gasteiger partial charge in [0, 0.05) is 0 Å². The summed E-state index contributed by atoms with van der Waals surface area (Å²) in [5, 5.41) is 0. The molecule has 0 aliphatic carbocycles. The Bertz CT molecular complexity index is 142. The molecule has 0 unspecified atom stereocenters. The molecule has 0 aromatic carbocycles. The van der Waals surface area contributed by atoms with Crippen molar-refractivity contribution in [3.8, 4) is 0 Å². The van der Waals surface area contributed by atoms with E-state index in [1.165, 1.54) is 38.5 Å². The van der Waals surface area contributed by atoms with Gasteiger partial charge in [-0.3, -0.25) is 0 Å². The molecule has 111 valence electrons. The van der Waals surface area contributed by atoms with Crippen molar-refractivity contribution in [2.45, 2.75) is 65.2 Å². The third-order valence-electron chi connectivity index (χ3n) is 1.71. The van der Waals surface area contributed by atoms with Crippen molar-refractivity contribution in [2.75, 3.05) is 0 Å². The molecule has 0 saturated carbocycles. The maximum Gasteiger partial charge on any atom is 3.00 e. The summed E-state index contributed by atoms with van der Waals surface area (Å²) in [5.41, 5.74) is -3.72. The van der Waals surface area contributed by atoms with Gasteiger partial charge in [0.05, 0.1) is 0 Å². The molecule has 0 bridgehead atoms. The summed E-state index contributed by atoms with van der Waals surface area (Å²) >= 11 is 7.28. The van der Waals surface area contributed by atoms with Crippen molar-refractivity contribution < 1.29 is 30.9 Å². The van der Waals surface area contributed by atoms with Crippen molar-refractivity contribution in [1.29, 1.82) is 0 Å². The first-order valence-electron chi connectivity index (χ1n) is 6.14. The van der Waals surface area contributed by atoms with Gasteiger partial charge in [0.1, 0.15) is 0 Å². The average molecular weight is 393 g/mol. The van der Waals surface area contributed by atoms with Gasteiger partial charge in [0.2, 0.25) is 0 Å². The van der Waals surface area contributed by atoms with E-state index in [0.29, 0.717) is 0 Å². The molecule has 0 heterocycles. The Balaban J connectivity index is -0.0000000799. The molecular formula is C12H26MoO2PS2-2. The van der Waals surface area contributed by atoms with Crippen LogP contribution in [0.2, 0.25) is 0 Å². The van der Waals surface area contributed by atoms with Gasteiger partial charge in [-0.15, -0.1) is 0 Å². The summed E-state index contributed by atoms with van der Waals surface area (Å²) in [6, 6.07) is 0. The molecular weight excluding hydrogens is 367 g/mol. The van der Waals surface area contributed by atoms with Crippen LogP contribution in [0.3, 0.4) is 0 Å². The molecule has 0 aliphatic rings. The van der Waals surface area contributed by atoms with Gasteiger partial charge in [-0.2, -0.15) is 24.6 Å². The standard InChI is InChI=1S/2C6H13.Mo.H3O2PS2/c2*1-3-5-6-4-2;;1-3(2,4)5/h2*1,3-6H2,2H3;;(H3,1,2,4,5)/q2*-1;+3;/p-3. The Labute approximate surface area is 139 Å². The van der Waals surface area contributed by atoms with E-state index in [2.05, 4.69) is 51.8 Å². The SMILES string of the molecule is [CH2-]CCCCC.[CH2-]CCCCC.[Mo+3].[O-]P([O-])(=S)[S-]. The minimum absolute atomic E-state index is 0. The van der Waals surface area contributed by atoms with Crippen molar-refractivity contribution in [3.63, 3.8) is 0 Å². The van der Waals surface area contributed by atoms with Crippen LogP contribution in [0.15, 0.2) is 0 Å². The second-order valence-corrected chi connectivity index (χ2v) is 8.04. The Morgan fingerprint density at radius 2 is 1.17 bits per heavy atom. The Morgan fingerprint density at radius 1 is 0.944 bits per heavy atom. The van der Waals surface area contributed by atoms with E-state index in [1.807, 2.05) is 0 Å². The summed E-state index contributed by atoms with van der Waals surface area (Å²) < 4.78 is 0. The monoisotopic (exact) mass is 395 g/mol. The Kier molecular flexibility index (Phi) is 36.7. The first-order valence-corrected chi connectivity index (χ1v) is 9.80. The number of hydrogen-bond acceptors (Lipinski definition) is 4. The van der Waals surface area contributed by atoms with Crippen molar-refractivity contribution in [3.05, 3.63) is 13.8 Å². The summed E-state index contributed by atoms with van der Waals surface area (Å²) in [4.78, 5) is 18.6.